The summed E-state index contributed by atoms with van der Waals surface area (Å²) in [6.45, 7) is 0.775. The topological polar surface area (TPSA) is 58.6 Å². The number of rotatable bonds is 11. The lowest BCUT2D eigenvalue weighted by Crippen LogP contribution is -2.44. The summed E-state index contributed by atoms with van der Waals surface area (Å²) >= 11 is 0. The van der Waals surface area contributed by atoms with Crippen LogP contribution >= 0.6 is 0 Å². The Morgan fingerprint density at radius 3 is 1.89 bits per heavy atom. The van der Waals surface area contributed by atoms with Gasteiger partial charge in [-0.1, -0.05) is 103 Å². The van der Waals surface area contributed by atoms with Gasteiger partial charge in [-0.05, 0) is 40.8 Å². The van der Waals surface area contributed by atoms with Crippen LogP contribution < -0.4 is 10.1 Å². The normalized spacial score (nSPS) is 11.4. The molecule has 0 fully saturated rings. The third kappa shape index (κ3) is 7.31. The Hall–Kier alpha value is -4.38. The van der Waals surface area contributed by atoms with E-state index in [2.05, 4.69) is 5.32 Å². The minimum absolute atomic E-state index is 0.117. The fourth-order valence-corrected chi connectivity index (χ4v) is 4.30. The quantitative estimate of drug-likeness (QED) is 0.306. The first-order chi connectivity index (χ1) is 18.1. The van der Waals surface area contributed by atoms with E-state index in [1.165, 1.54) is 0 Å². The van der Waals surface area contributed by atoms with E-state index in [0.29, 0.717) is 19.5 Å². The highest BCUT2D eigenvalue weighted by molar-refractivity contribution is 5.89. The predicted octanol–water partition coefficient (Wildman–Crippen LogP) is 5.37. The molecule has 2 amide bonds. The summed E-state index contributed by atoms with van der Waals surface area (Å²) in [4.78, 5) is 29.2. The highest BCUT2D eigenvalue weighted by Gasteiger charge is 2.31. The first kappa shape index (κ1) is 25.7. The summed E-state index contributed by atoms with van der Waals surface area (Å²) in [6, 6.07) is 36.0. The van der Waals surface area contributed by atoms with Gasteiger partial charge >= 0.3 is 0 Å². The van der Waals surface area contributed by atoms with Crippen LogP contribution in [0.4, 0.5) is 0 Å². The number of nitrogens with zero attached hydrogens (tertiary/aromatic N) is 1. The minimum atomic E-state index is -0.768. The standard InChI is InChI=1S/C32H32N2O3/c1-37-29-19-17-27(18-20-29)24-34(30(35)23-26-13-7-3-8-14-26)31(28-15-9-4-10-16-28)32(36)33-22-21-25-11-5-2-6-12-25/h2-20,31H,21-24H2,1H3,(H,33,36)/t31-/m0/s1. The third-order valence-corrected chi connectivity index (χ3v) is 6.26. The number of benzene rings is 4. The summed E-state index contributed by atoms with van der Waals surface area (Å²) in [5.41, 5.74) is 3.74. The number of hydrogen-bond acceptors (Lipinski definition) is 3. The zero-order valence-electron chi connectivity index (χ0n) is 21.0. The molecule has 0 saturated carbocycles. The second-order valence-electron chi connectivity index (χ2n) is 8.87. The molecule has 0 unspecified atom stereocenters. The molecular formula is C32H32N2O3. The highest BCUT2D eigenvalue weighted by atomic mass is 16.5. The smallest absolute Gasteiger partial charge is 0.247 e. The second-order valence-corrected chi connectivity index (χ2v) is 8.87. The molecule has 0 aliphatic heterocycles. The zero-order valence-corrected chi connectivity index (χ0v) is 21.0. The Kier molecular flexibility index (Phi) is 9.08. The van der Waals surface area contributed by atoms with Gasteiger partial charge in [-0.25, -0.2) is 0 Å². The van der Waals surface area contributed by atoms with Gasteiger partial charge in [0.05, 0.1) is 13.5 Å². The summed E-state index contributed by atoms with van der Waals surface area (Å²) in [7, 11) is 1.62. The SMILES string of the molecule is COc1ccc(CN(C(=O)Cc2ccccc2)[C@H](C(=O)NCCc2ccccc2)c2ccccc2)cc1. The molecule has 4 aromatic carbocycles. The maximum Gasteiger partial charge on any atom is 0.247 e. The van der Waals surface area contributed by atoms with Crippen molar-refractivity contribution < 1.29 is 14.3 Å². The van der Waals surface area contributed by atoms with E-state index in [4.69, 9.17) is 4.74 Å². The minimum Gasteiger partial charge on any atom is -0.497 e. The highest BCUT2D eigenvalue weighted by Crippen LogP contribution is 2.25. The summed E-state index contributed by atoms with van der Waals surface area (Å²) in [6.07, 6.45) is 0.919. The number of methoxy groups -OCH3 is 1. The average Bonchev–Trinajstić information content (AvgIpc) is 2.95. The molecule has 5 heteroatoms. The Morgan fingerprint density at radius 2 is 1.30 bits per heavy atom. The van der Waals surface area contributed by atoms with Crippen LogP contribution in [-0.4, -0.2) is 30.4 Å². The van der Waals surface area contributed by atoms with Gasteiger partial charge in [-0.15, -0.1) is 0 Å². The van der Waals surface area contributed by atoms with Crippen molar-refractivity contribution in [3.63, 3.8) is 0 Å². The van der Waals surface area contributed by atoms with Gasteiger partial charge < -0.3 is 15.0 Å². The van der Waals surface area contributed by atoms with Crippen molar-refractivity contribution in [2.45, 2.75) is 25.4 Å². The first-order valence-electron chi connectivity index (χ1n) is 12.5. The van der Waals surface area contributed by atoms with E-state index >= 15 is 0 Å². The average molecular weight is 493 g/mol. The van der Waals surface area contributed by atoms with E-state index in [1.807, 2.05) is 115 Å². The molecule has 0 aliphatic rings. The molecule has 0 aliphatic carbocycles. The number of amides is 2. The first-order valence-corrected chi connectivity index (χ1v) is 12.5. The van der Waals surface area contributed by atoms with E-state index in [9.17, 15) is 9.59 Å². The van der Waals surface area contributed by atoms with Crippen LogP contribution in [0.5, 0.6) is 5.75 Å². The van der Waals surface area contributed by atoms with Crippen molar-refractivity contribution >= 4 is 11.8 Å². The van der Waals surface area contributed by atoms with Gasteiger partial charge in [-0.2, -0.15) is 0 Å². The lowest BCUT2D eigenvalue weighted by atomic mass is 10.0. The zero-order chi connectivity index (χ0) is 25.9. The monoisotopic (exact) mass is 492 g/mol. The van der Waals surface area contributed by atoms with Gasteiger partial charge in [0, 0.05) is 13.1 Å². The van der Waals surface area contributed by atoms with Crippen LogP contribution in [-0.2, 0) is 29.0 Å². The lowest BCUT2D eigenvalue weighted by Gasteiger charge is -2.32. The van der Waals surface area contributed by atoms with Gasteiger partial charge in [0.1, 0.15) is 11.8 Å². The number of ether oxygens (including phenoxy) is 1. The van der Waals surface area contributed by atoms with Crippen LogP contribution in [0.2, 0.25) is 0 Å². The van der Waals surface area contributed by atoms with Crippen molar-refractivity contribution in [1.82, 2.24) is 10.2 Å². The van der Waals surface area contributed by atoms with Gasteiger partial charge in [0.25, 0.3) is 0 Å². The van der Waals surface area contributed by atoms with Gasteiger partial charge in [-0.3, -0.25) is 9.59 Å². The van der Waals surface area contributed by atoms with Crippen LogP contribution in [0, 0.1) is 0 Å². The summed E-state index contributed by atoms with van der Waals surface area (Å²) in [5, 5.41) is 3.08. The third-order valence-electron chi connectivity index (χ3n) is 6.26. The maximum absolute atomic E-state index is 13.8. The molecule has 37 heavy (non-hydrogen) atoms. The fourth-order valence-electron chi connectivity index (χ4n) is 4.30. The Labute approximate surface area is 218 Å². The largest absolute Gasteiger partial charge is 0.497 e. The number of hydrogen-bond donors (Lipinski definition) is 1. The van der Waals surface area contributed by atoms with E-state index < -0.39 is 6.04 Å². The number of nitrogens with one attached hydrogen (secondary N) is 1. The molecular weight excluding hydrogens is 460 g/mol. The number of carbonyl (C=O) groups excluding carboxylic acids is 2. The Balaban J connectivity index is 1.62. The molecule has 1 N–H and O–H groups in total. The molecule has 0 bridgehead atoms. The molecule has 0 saturated heterocycles. The number of carbonyl (C=O) groups is 2. The maximum atomic E-state index is 13.8. The second kappa shape index (κ2) is 13.1. The van der Waals surface area contributed by atoms with Crippen LogP contribution in [0.3, 0.4) is 0 Å². The van der Waals surface area contributed by atoms with Crippen LogP contribution in [0.1, 0.15) is 28.3 Å². The van der Waals surface area contributed by atoms with Crippen molar-refractivity contribution in [3.8, 4) is 5.75 Å². The Morgan fingerprint density at radius 1 is 0.730 bits per heavy atom. The molecule has 0 heterocycles. The van der Waals surface area contributed by atoms with Crippen molar-refractivity contribution in [1.29, 1.82) is 0 Å². The molecule has 4 aromatic rings. The predicted molar refractivity (Wildman–Crippen MR) is 146 cm³/mol. The van der Waals surface area contributed by atoms with Gasteiger partial charge in [0.2, 0.25) is 11.8 Å². The molecule has 1 atom stereocenters. The summed E-state index contributed by atoms with van der Waals surface area (Å²) < 4.78 is 5.29. The van der Waals surface area contributed by atoms with Crippen LogP contribution in [0.15, 0.2) is 115 Å². The lowest BCUT2D eigenvalue weighted by molar-refractivity contribution is -0.141. The van der Waals surface area contributed by atoms with Gasteiger partial charge in [0.15, 0.2) is 0 Å². The molecule has 5 nitrogen and oxygen atoms in total. The molecule has 0 radical (unpaired) electrons. The van der Waals surface area contributed by atoms with E-state index in [-0.39, 0.29) is 18.2 Å². The molecule has 0 spiro atoms. The molecule has 188 valence electrons. The Bertz CT molecular complexity index is 1260. The summed E-state index contributed by atoms with van der Waals surface area (Å²) in [5.74, 6) is 0.426. The molecule has 0 aromatic heterocycles. The molecule has 4 rings (SSSR count). The van der Waals surface area contributed by atoms with Crippen LogP contribution in [0.25, 0.3) is 0 Å². The van der Waals surface area contributed by atoms with Crippen molar-refractivity contribution in [3.05, 3.63) is 138 Å². The van der Waals surface area contributed by atoms with Crippen molar-refractivity contribution in [2.75, 3.05) is 13.7 Å². The fraction of sp³-hybridized carbons (Fsp3) is 0.188. The van der Waals surface area contributed by atoms with E-state index in [1.54, 1.807) is 12.0 Å². The van der Waals surface area contributed by atoms with Crippen molar-refractivity contribution in [2.24, 2.45) is 0 Å². The van der Waals surface area contributed by atoms with E-state index in [0.717, 1.165) is 28.0 Å².